The summed E-state index contributed by atoms with van der Waals surface area (Å²) in [5, 5.41) is 0. The number of rotatable bonds is 3. The minimum atomic E-state index is 0.638. The normalized spacial score (nSPS) is 30.4. The highest BCUT2D eigenvalue weighted by Crippen LogP contribution is 2.42. The predicted octanol–water partition coefficient (Wildman–Crippen LogP) is 6.76. The standard InChI is InChI=1S/C24H34/c1-3-4-20-11-15-23(16-12-20)24-17-13-22(14-18-24)10-9-21-7-5-19(2)6-8-21/h5-8,20,22-24H,3-4,11-18H2,1-2H3. The van der Waals surface area contributed by atoms with E-state index in [9.17, 15) is 0 Å². The molecule has 0 heterocycles. The van der Waals surface area contributed by atoms with E-state index in [0.29, 0.717) is 5.92 Å². The Hall–Kier alpha value is -1.22. The van der Waals surface area contributed by atoms with Gasteiger partial charge in [-0.1, -0.05) is 62.1 Å². The third kappa shape index (κ3) is 4.89. The van der Waals surface area contributed by atoms with E-state index in [2.05, 4.69) is 50.0 Å². The molecule has 0 amide bonds. The van der Waals surface area contributed by atoms with E-state index in [0.717, 1.165) is 17.8 Å². The molecule has 2 aliphatic carbocycles. The van der Waals surface area contributed by atoms with Gasteiger partial charge in [0, 0.05) is 11.5 Å². The molecule has 0 nitrogen and oxygen atoms in total. The fraction of sp³-hybridized carbons (Fsp3) is 0.667. The Morgan fingerprint density at radius 3 is 2.00 bits per heavy atom. The van der Waals surface area contributed by atoms with Crippen molar-refractivity contribution in [2.75, 3.05) is 0 Å². The van der Waals surface area contributed by atoms with E-state index < -0.39 is 0 Å². The predicted molar refractivity (Wildman–Crippen MR) is 104 cm³/mol. The van der Waals surface area contributed by atoms with Crippen LogP contribution in [-0.4, -0.2) is 0 Å². The molecule has 0 aliphatic heterocycles. The molecule has 1 aromatic rings. The average Bonchev–Trinajstić information content (AvgIpc) is 2.63. The number of aryl methyl sites for hydroxylation is 1. The Bertz CT molecular complexity index is 540. The summed E-state index contributed by atoms with van der Waals surface area (Å²) in [4.78, 5) is 0. The van der Waals surface area contributed by atoms with Crippen molar-refractivity contribution < 1.29 is 0 Å². The molecule has 0 bridgehead atoms. The van der Waals surface area contributed by atoms with E-state index >= 15 is 0 Å². The fourth-order valence-electron chi connectivity index (χ4n) is 4.91. The summed E-state index contributed by atoms with van der Waals surface area (Å²) in [7, 11) is 0. The van der Waals surface area contributed by atoms with Gasteiger partial charge in [0.2, 0.25) is 0 Å². The van der Waals surface area contributed by atoms with Gasteiger partial charge in [0.25, 0.3) is 0 Å². The third-order valence-electron chi connectivity index (χ3n) is 6.50. The molecule has 1 aromatic carbocycles. The molecule has 130 valence electrons. The van der Waals surface area contributed by atoms with E-state index in [1.54, 1.807) is 0 Å². The Kier molecular flexibility index (Phi) is 6.42. The van der Waals surface area contributed by atoms with E-state index in [1.807, 2.05) is 0 Å². The van der Waals surface area contributed by atoms with Crippen molar-refractivity contribution in [3.05, 3.63) is 35.4 Å². The van der Waals surface area contributed by atoms with Gasteiger partial charge >= 0.3 is 0 Å². The number of hydrogen-bond acceptors (Lipinski definition) is 0. The van der Waals surface area contributed by atoms with Crippen LogP contribution in [0.25, 0.3) is 0 Å². The molecule has 0 aromatic heterocycles. The molecule has 2 saturated carbocycles. The Balaban J connectivity index is 1.44. The average molecular weight is 323 g/mol. The van der Waals surface area contributed by atoms with Crippen LogP contribution in [0.4, 0.5) is 0 Å². The summed E-state index contributed by atoms with van der Waals surface area (Å²) in [5.74, 6) is 10.7. The van der Waals surface area contributed by atoms with Gasteiger partial charge in [-0.3, -0.25) is 0 Å². The summed E-state index contributed by atoms with van der Waals surface area (Å²) in [6.07, 6.45) is 14.4. The van der Waals surface area contributed by atoms with Gasteiger partial charge in [-0.25, -0.2) is 0 Å². The minimum absolute atomic E-state index is 0.638. The zero-order valence-corrected chi connectivity index (χ0v) is 15.7. The van der Waals surface area contributed by atoms with Gasteiger partial charge in [-0.2, -0.15) is 0 Å². The number of benzene rings is 1. The highest BCUT2D eigenvalue weighted by Gasteiger charge is 2.30. The number of hydrogen-bond donors (Lipinski definition) is 0. The molecular formula is C24H34. The summed E-state index contributed by atoms with van der Waals surface area (Å²) in [5.41, 5.74) is 2.49. The molecule has 0 atom stereocenters. The second-order valence-electron chi connectivity index (χ2n) is 8.32. The second kappa shape index (κ2) is 8.75. The first-order valence-electron chi connectivity index (χ1n) is 10.3. The summed E-state index contributed by atoms with van der Waals surface area (Å²) in [6.45, 7) is 4.47. The highest BCUT2D eigenvalue weighted by molar-refractivity contribution is 5.36. The zero-order chi connectivity index (χ0) is 16.8. The van der Waals surface area contributed by atoms with Crippen molar-refractivity contribution >= 4 is 0 Å². The van der Waals surface area contributed by atoms with Crippen molar-refractivity contribution in [2.24, 2.45) is 23.7 Å². The van der Waals surface area contributed by atoms with Crippen LogP contribution < -0.4 is 0 Å². The monoisotopic (exact) mass is 322 g/mol. The van der Waals surface area contributed by atoms with Gasteiger partial charge in [-0.05, 0) is 75.3 Å². The van der Waals surface area contributed by atoms with Crippen LogP contribution in [-0.2, 0) is 0 Å². The van der Waals surface area contributed by atoms with E-state index in [-0.39, 0.29) is 0 Å². The Morgan fingerprint density at radius 1 is 0.833 bits per heavy atom. The molecular weight excluding hydrogens is 288 g/mol. The molecule has 2 aliphatic rings. The SMILES string of the molecule is CCCC1CCC(C2CCC(C#Cc3ccc(C)cc3)CC2)CC1. The Labute approximate surface area is 149 Å². The van der Waals surface area contributed by atoms with E-state index in [1.165, 1.54) is 75.3 Å². The van der Waals surface area contributed by atoms with Gasteiger partial charge in [-0.15, -0.1) is 0 Å². The lowest BCUT2D eigenvalue weighted by Crippen LogP contribution is -2.25. The van der Waals surface area contributed by atoms with Crippen molar-refractivity contribution in [1.29, 1.82) is 0 Å². The lowest BCUT2D eigenvalue weighted by Gasteiger charge is -2.37. The van der Waals surface area contributed by atoms with Crippen LogP contribution in [0.3, 0.4) is 0 Å². The van der Waals surface area contributed by atoms with Crippen LogP contribution in [0.5, 0.6) is 0 Å². The van der Waals surface area contributed by atoms with E-state index in [4.69, 9.17) is 0 Å². The van der Waals surface area contributed by atoms with Crippen LogP contribution >= 0.6 is 0 Å². The maximum Gasteiger partial charge on any atom is 0.0245 e. The molecule has 3 rings (SSSR count). The van der Waals surface area contributed by atoms with Gasteiger partial charge in [0.05, 0.1) is 0 Å². The molecule has 0 saturated heterocycles. The first-order chi connectivity index (χ1) is 11.7. The summed E-state index contributed by atoms with van der Waals surface area (Å²) >= 11 is 0. The maximum absolute atomic E-state index is 3.55. The first kappa shape index (κ1) is 17.6. The molecule has 0 heteroatoms. The van der Waals surface area contributed by atoms with Crippen molar-refractivity contribution in [3.63, 3.8) is 0 Å². The lowest BCUT2D eigenvalue weighted by molar-refractivity contribution is 0.154. The van der Waals surface area contributed by atoms with Crippen molar-refractivity contribution in [3.8, 4) is 11.8 Å². The van der Waals surface area contributed by atoms with Crippen LogP contribution in [0.15, 0.2) is 24.3 Å². The molecule has 2 fully saturated rings. The maximum atomic E-state index is 3.55. The molecule has 0 unspecified atom stereocenters. The summed E-state index contributed by atoms with van der Waals surface area (Å²) < 4.78 is 0. The molecule has 0 radical (unpaired) electrons. The highest BCUT2D eigenvalue weighted by atomic mass is 14.3. The van der Waals surface area contributed by atoms with Crippen LogP contribution in [0.1, 0.15) is 82.3 Å². The third-order valence-corrected chi connectivity index (χ3v) is 6.50. The van der Waals surface area contributed by atoms with Crippen molar-refractivity contribution in [1.82, 2.24) is 0 Å². The lowest BCUT2D eigenvalue weighted by atomic mass is 9.69. The fourth-order valence-corrected chi connectivity index (χ4v) is 4.91. The quantitative estimate of drug-likeness (QED) is 0.539. The second-order valence-corrected chi connectivity index (χ2v) is 8.32. The Morgan fingerprint density at radius 2 is 1.42 bits per heavy atom. The van der Waals surface area contributed by atoms with Gasteiger partial charge in [0.15, 0.2) is 0 Å². The summed E-state index contributed by atoms with van der Waals surface area (Å²) in [6, 6.07) is 8.64. The van der Waals surface area contributed by atoms with Crippen LogP contribution in [0, 0.1) is 42.4 Å². The smallest absolute Gasteiger partial charge is 0.0245 e. The molecule has 0 N–H and O–H groups in total. The van der Waals surface area contributed by atoms with Gasteiger partial charge in [0.1, 0.15) is 0 Å². The zero-order valence-electron chi connectivity index (χ0n) is 15.7. The van der Waals surface area contributed by atoms with Crippen LogP contribution in [0.2, 0.25) is 0 Å². The largest absolute Gasteiger partial charge is 0.0945 e. The van der Waals surface area contributed by atoms with Crippen molar-refractivity contribution in [2.45, 2.75) is 78.1 Å². The minimum Gasteiger partial charge on any atom is -0.0945 e. The molecule has 0 spiro atoms. The molecule has 24 heavy (non-hydrogen) atoms. The topological polar surface area (TPSA) is 0 Å². The van der Waals surface area contributed by atoms with Gasteiger partial charge < -0.3 is 0 Å². The first-order valence-corrected chi connectivity index (χ1v) is 10.3.